The van der Waals surface area contributed by atoms with Gasteiger partial charge in [-0.05, 0) is 43.7 Å². The van der Waals surface area contributed by atoms with Gasteiger partial charge in [0.25, 0.3) is 5.91 Å². The predicted octanol–water partition coefficient (Wildman–Crippen LogP) is 3.05. The number of amides is 1. The molecule has 6 nitrogen and oxygen atoms in total. The van der Waals surface area contributed by atoms with Gasteiger partial charge in [-0.3, -0.25) is 4.79 Å². The third-order valence-electron chi connectivity index (χ3n) is 3.68. The first-order valence-corrected chi connectivity index (χ1v) is 8.32. The van der Waals surface area contributed by atoms with Crippen LogP contribution in [0.25, 0.3) is 0 Å². The maximum absolute atomic E-state index is 12.3. The summed E-state index contributed by atoms with van der Waals surface area (Å²) in [5, 5.41) is 11.9. The number of rotatable bonds is 8. The van der Waals surface area contributed by atoms with E-state index in [1.807, 2.05) is 31.2 Å². The van der Waals surface area contributed by atoms with Gasteiger partial charge in [-0.15, -0.1) is 0 Å². The Kier molecular flexibility index (Phi) is 6.86. The quantitative estimate of drug-likeness (QED) is 0.788. The summed E-state index contributed by atoms with van der Waals surface area (Å²) in [5.74, 6) is 1.40. The van der Waals surface area contributed by atoms with E-state index >= 15 is 0 Å². The largest absolute Gasteiger partial charge is 0.493 e. The standard InChI is InChI=1S/C20H22N2O4/c1-4-25-18-10-9-15(11-19(18)24-3)13-22-20(23)14(2)26-17-8-6-5-7-16(17)12-21/h5-11,14H,4,13H2,1-3H3,(H,22,23). The van der Waals surface area contributed by atoms with E-state index in [-0.39, 0.29) is 5.91 Å². The second kappa shape index (κ2) is 9.33. The van der Waals surface area contributed by atoms with Gasteiger partial charge in [-0.2, -0.15) is 5.26 Å². The minimum atomic E-state index is -0.728. The highest BCUT2D eigenvalue weighted by Crippen LogP contribution is 2.28. The number of carbonyl (C=O) groups is 1. The molecule has 0 saturated carbocycles. The first kappa shape index (κ1) is 19.1. The maximum Gasteiger partial charge on any atom is 0.261 e. The van der Waals surface area contributed by atoms with E-state index in [9.17, 15) is 4.79 Å². The lowest BCUT2D eigenvalue weighted by Gasteiger charge is -2.16. The molecule has 2 aromatic carbocycles. The summed E-state index contributed by atoms with van der Waals surface area (Å²) in [7, 11) is 1.57. The molecule has 0 aromatic heterocycles. The van der Waals surface area contributed by atoms with Crippen molar-refractivity contribution < 1.29 is 19.0 Å². The second-order valence-electron chi connectivity index (χ2n) is 5.50. The van der Waals surface area contributed by atoms with Crippen LogP contribution in [0.15, 0.2) is 42.5 Å². The third-order valence-corrected chi connectivity index (χ3v) is 3.68. The van der Waals surface area contributed by atoms with Crippen LogP contribution in [0.2, 0.25) is 0 Å². The van der Waals surface area contributed by atoms with Crippen molar-refractivity contribution >= 4 is 5.91 Å². The van der Waals surface area contributed by atoms with Crippen molar-refractivity contribution in [2.24, 2.45) is 0 Å². The summed E-state index contributed by atoms with van der Waals surface area (Å²) >= 11 is 0. The van der Waals surface area contributed by atoms with Crippen LogP contribution < -0.4 is 19.5 Å². The molecule has 0 saturated heterocycles. The normalized spacial score (nSPS) is 11.2. The first-order valence-electron chi connectivity index (χ1n) is 8.32. The second-order valence-corrected chi connectivity index (χ2v) is 5.50. The highest BCUT2D eigenvalue weighted by atomic mass is 16.5. The van der Waals surface area contributed by atoms with Crippen LogP contribution in [0.4, 0.5) is 0 Å². The van der Waals surface area contributed by atoms with Gasteiger partial charge in [0.2, 0.25) is 0 Å². The SMILES string of the molecule is CCOc1ccc(CNC(=O)C(C)Oc2ccccc2C#N)cc1OC. The number of hydrogen-bond donors (Lipinski definition) is 1. The fraction of sp³-hybridized carbons (Fsp3) is 0.300. The summed E-state index contributed by atoms with van der Waals surface area (Å²) in [4.78, 5) is 12.3. The van der Waals surface area contributed by atoms with Crippen molar-refractivity contribution in [2.75, 3.05) is 13.7 Å². The van der Waals surface area contributed by atoms with E-state index in [2.05, 4.69) is 5.32 Å². The van der Waals surface area contributed by atoms with E-state index in [4.69, 9.17) is 19.5 Å². The molecule has 2 rings (SSSR count). The van der Waals surface area contributed by atoms with Gasteiger partial charge in [0.05, 0.1) is 19.3 Å². The van der Waals surface area contributed by atoms with Gasteiger partial charge in [0.1, 0.15) is 11.8 Å². The Morgan fingerprint density at radius 2 is 1.96 bits per heavy atom. The zero-order valence-electron chi connectivity index (χ0n) is 15.1. The average molecular weight is 354 g/mol. The summed E-state index contributed by atoms with van der Waals surface area (Å²) in [6, 6.07) is 14.4. The van der Waals surface area contributed by atoms with Crippen LogP contribution in [0.1, 0.15) is 25.0 Å². The lowest BCUT2D eigenvalue weighted by Crippen LogP contribution is -2.36. The maximum atomic E-state index is 12.3. The molecule has 26 heavy (non-hydrogen) atoms. The monoisotopic (exact) mass is 354 g/mol. The number of hydrogen-bond acceptors (Lipinski definition) is 5. The lowest BCUT2D eigenvalue weighted by atomic mass is 10.2. The summed E-state index contributed by atoms with van der Waals surface area (Å²) in [6.07, 6.45) is -0.728. The molecule has 1 N–H and O–H groups in total. The number of methoxy groups -OCH3 is 1. The van der Waals surface area contributed by atoms with Crippen molar-refractivity contribution in [1.82, 2.24) is 5.32 Å². The minimum absolute atomic E-state index is 0.273. The molecule has 0 bridgehead atoms. The molecule has 0 spiro atoms. The van der Waals surface area contributed by atoms with Crippen molar-refractivity contribution in [3.05, 3.63) is 53.6 Å². The molecule has 2 aromatic rings. The topological polar surface area (TPSA) is 80.6 Å². The molecule has 0 fully saturated rings. The Bertz CT molecular complexity index is 799. The Balaban J connectivity index is 1.96. The fourth-order valence-electron chi connectivity index (χ4n) is 2.34. The van der Waals surface area contributed by atoms with E-state index in [1.165, 1.54) is 0 Å². The molecule has 0 aliphatic rings. The predicted molar refractivity (Wildman–Crippen MR) is 97.3 cm³/mol. The zero-order valence-corrected chi connectivity index (χ0v) is 15.1. The summed E-state index contributed by atoms with van der Waals surface area (Å²) < 4.78 is 16.4. The molecule has 1 unspecified atom stereocenters. The number of nitriles is 1. The van der Waals surface area contributed by atoms with Crippen LogP contribution >= 0.6 is 0 Å². The Morgan fingerprint density at radius 1 is 1.19 bits per heavy atom. The number of para-hydroxylation sites is 1. The summed E-state index contributed by atoms with van der Waals surface area (Å²) in [6.45, 7) is 4.42. The minimum Gasteiger partial charge on any atom is -0.493 e. The number of ether oxygens (including phenoxy) is 3. The molecule has 0 radical (unpaired) electrons. The van der Waals surface area contributed by atoms with Gasteiger partial charge >= 0.3 is 0 Å². The van der Waals surface area contributed by atoms with Gasteiger partial charge in [0.15, 0.2) is 17.6 Å². The number of nitrogens with one attached hydrogen (secondary N) is 1. The molecule has 1 amide bonds. The van der Waals surface area contributed by atoms with Crippen molar-refractivity contribution in [3.63, 3.8) is 0 Å². The van der Waals surface area contributed by atoms with Gasteiger partial charge in [0, 0.05) is 6.54 Å². The number of nitrogens with zero attached hydrogens (tertiary/aromatic N) is 1. The molecular weight excluding hydrogens is 332 g/mol. The summed E-state index contributed by atoms with van der Waals surface area (Å²) in [5.41, 5.74) is 1.27. The molecule has 0 aliphatic heterocycles. The van der Waals surface area contributed by atoms with E-state index in [1.54, 1.807) is 38.3 Å². The smallest absolute Gasteiger partial charge is 0.261 e. The Morgan fingerprint density at radius 3 is 2.65 bits per heavy atom. The molecule has 0 aliphatic carbocycles. The highest BCUT2D eigenvalue weighted by Gasteiger charge is 2.16. The molecule has 136 valence electrons. The van der Waals surface area contributed by atoms with E-state index in [0.717, 1.165) is 5.56 Å². The van der Waals surface area contributed by atoms with Crippen molar-refractivity contribution in [1.29, 1.82) is 5.26 Å². The Hall–Kier alpha value is -3.20. The van der Waals surface area contributed by atoms with Gasteiger partial charge < -0.3 is 19.5 Å². The average Bonchev–Trinajstić information content (AvgIpc) is 2.67. The third kappa shape index (κ3) is 4.90. The van der Waals surface area contributed by atoms with Gasteiger partial charge in [-0.1, -0.05) is 18.2 Å². The number of benzene rings is 2. The van der Waals surface area contributed by atoms with Crippen LogP contribution in [-0.4, -0.2) is 25.7 Å². The zero-order chi connectivity index (χ0) is 18.9. The lowest BCUT2D eigenvalue weighted by molar-refractivity contribution is -0.127. The first-order chi connectivity index (χ1) is 12.6. The van der Waals surface area contributed by atoms with Gasteiger partial charge in [-0.25, -0.2) is 0 Å². The molecule has 0 heterocycles. The van der Waals surface area contributed by atoms with E-state index < -0.39 is 6.10 Å². The molecular formula is C20H22N2O4. The Labute approximate surface area is 153 Å². The molecule has 1 atom stereocenters. The number of carbonyl (C=O) groups excluding carboxylic acids is 1. The highest BCUT2D eigenvalue weighted by molar-refractivity contribution is 5.80. The molecule has 6 heteroatoms. The van der Waals surface area contributed by atoms with Crippen LogP contribution in [0, 0.1) is 11.3 Å². The van der Waals surface area contributed by atoms with Crippen LogP contribution in [-0.2, 0) is 11.3 Å². The van der Waals surface area contributed by atoms with Crippen LogP contribution in [0.5, 0.6) is 17.2 Å². The van der Waals surface area contributed by atoms with E-state index in [0.29, 0.717) is 36.0 Å². The van der Waals surface area contributed by atoms with Crippen LogP contribution in [0.3, 0.4) is 0 Å². The van der Waals surface area contributed by atoms with Crippen molar-refractivity contribution in [2.45, 2.75) is 26.5 Å². The van der Waals surface area contributed by atoms with Crippen molar-refractivity contribution in [3.8, 4) is 23.3 Å². The fourth-order valence-corrected chi connectivity index (χ4v) is 2.34.